The molecule has 3 aromatic carbocycles. The largest absolute Gasteiger partial charge is 0.332 e. The van der Waals surface area contributed by atoms with Gasteiger partial charge in [-0.15, -0.1) is 5.10 Å². The summed E-state index contributed by atoms with van der Waals surface area (Å²) in [4.78, 5) is 4.26. The van der Waals surface area contributed by atoms with Crippen molar-refractivity contribution in [2.45, 2.75) is 6.54 Å². The number of nitrogens with zero attached hydrogens (tertiary/aromatic N) is 3. The summed E-state index contributed by atoms with van der Waals surface area (Å²) in [7, 11) is 0. The number of nitrogens with one attached hydrogen (secondary N) is 2. The first-order valence-corrected chi connectivity index (χ1v) is 9.16. The smallest absolute Gasteiger partial charge is 0.248 e. The molecular weight excluding hydrogens is 378 g/mol. The van der Waals surface area contributed by atoms with Crippen LogP contribution in [-0.4, -0.2) is 19.9 Å². The molecular formula is C20H16ClN5S. The summed E-state index contributed by atoms with van der Waals surface area (Å²) in [6.45, 7) is 0.582. The van der Waals surface area contributed by atoms with Crippen molar-refractivity contribution in [2.75, 3.05) is 10.6 Å². The Bertz CT molecular complexity index is 1100. The fraction of sp³-hybridized carbons (Fsp3) is 0.0500. The standard InChI is InChI=1S/C20H16ClN5S/c21-16-8-3-5-14(11-16)12-26-13-22-19(25-26)24-20(27)23-18-10-4-7-15-6-1-2-9-17(15)18/h1-11,13H,12H2,(H2,23,24,25,27). The van der Waals surface area contributed by atoms with Gasteiger partial charge in [0.1, 0.15) is 6.33 Å². The molecule has 5 nitrogen and oxygen atoms in total. The van der Waals surface area contributed by atoms with E-state index < -0.39 is 0 Å². The van der Waals surface area contributed by atoms with Gasteiger partial charge < -0.3 is 5.32 Å². The van der Waals surface area contributed by atoms with Crippen molar-refractivity contribution in [1.29, 1.82) is 0 Å². The molecule has 0 aliphatic carbocycles. The topological polar surface area (TPSA) is 54.8 Å². The van der Waals surface area contributed by atoms with Crippen molar-refractivity contribution in [2.24, 2.45) is 0 Å². The Balaban J connectivity index is 1.43. The summed E-state index contributed by atoms with van der Waals surface area (Å²) in [6.07, 6.45) is 1.66. The Morgan fingerprint density at radius 1 is 1.00 bits per heavy atom. The molecule has 7 heteroatoms. The lowest BCUT2D eigenvalue weighted by Crippen LogP contribution is -2.20. The molecule has 0 saturated carbocycles. The maximum Gasteiger partial charge on any atom is 0.248 e. The molecule has 2 N–H and O–H groups in total. The third-order valence-corrected chi connectivity index (χ3v) is 4.47. The number of anilines is 2. The predicted octanol–water partition coefficient (Wildman–Crippen LogP) is 4.94. The third kappa shape index (κ3) is 4.24. The van der Waals surface area contributed by atoms with E-state index in [9.17, 15) is 0 Å². The van der Waals surface area contributed by atoms with E-state index in [1.165, 1.54) is 0 Å². The lowest BCUT2D eigenvalue weighted by molar-refractivity contribution is 0.687. The van der Waals surface area contributed by atoms with Crippen LogP contribution in [0.25, 0.3) is 10.8 Å². The van der Waals surface area contributed by atoms with Crippen molar-refractivity contribution in [3.63, 3.8) is 0 Å². The first kappa shape index (κ1) is 17.5. The minimum absolute atomic E-state index is 0.437. The molecule has 134 valence electrons. The van der Waals surface area contributed by atoms with Crippen LogP contribution in [-0.2, 0) is 6.54 Å². The molecule has 0 aliphatic rings. The molecule has 0 radical (unpaired) electrons. The molecule has 0 spiro atoms. The Hall–Kier alpha value is -2.96. The Morgan fingerprint density at radius 3 is 2.70 bits per heavy atom. The monoisotopic (exact) mass is 393 g/mol. The quantitative estimate of drug-likeness (QED) is 0.481. The van der Waals surface area contributed by atoms with Gasteiger partial charge in [-0.25, -0.2) is 9.67 Å². The molecule has 0 amide bonds. The van der Waals surface area contributed by atoms with Crippen molar-refractivity contribution >= 4 is 51.3 Å². The van der Waals surface area contributed by atoms with Crippen LogP contribution in [0.3, 0.4) is 0 Å². The van der Waals surface area contributed by atoms with Crippen LogP contribution < -0.4 is 10.6 Å². The number of rotatable bonds is 4. The maximum atomic E-state index is 6.02. The number of fused-ring (bicyclic) bond motifs is 1. The summed E-state index contributed by atoms with van der Waals surface area (Å²) in [6, 6.07) is 21.8. The minimum Gasteiger partial charge on any atom is -0.332 e. The molecule has 1 heterocycles. The van der Waals surface area contributed by atoms with Crippen molar-refractivity contribution in [3.05, 3.63) is 83.6 Å². The summed E-state index contributed by atoms with van der Waals surface area (Å²) in [5.41, 5.74) is 1.99. The summed E-state index contributed by atoms with van der Waals surface area (Å²) in [5, 5.41) is 14.0. The van der Waals surface area contributed by atoms with Crippen molar-refractivity contribution in [3.8, 4) is 0 Å². The number of halogens is 1. The molecule has 0 fully saturated rings. The fourth-order valence-corrected chi connectivity index (χ4v) is 3.25. The number of thiocarbonyl (C=S) groups is 1. The fourth-order valence-electron chi connectivity index (χ4n) is 2.84. The zero-order chi connectivity index (χ0) is 18.6. The highest BCUT2D eigenvalue weighted by atomic mass is 35.5. The van der Waals surface area contributed by atoms with E-state index >= 15 is 0 Å². The molecule has 1 aromatic heterocycles. The highest BCUT2D eigenvalue weighted by molar-refractivity contribution is 7.80. The minimum atomic E-state index is 0.437. The molecule has 0 bridgehead atoms. The number of benzene rings is 3. The first-order valence-electron chi connectivity index (χ1n) is 8.37. The first-order chi connectivity index (χ1) is 13.2. The van der Waals surface area contributed by atoms with Gasteiger partial charge in [0.15, 0.2) is 5.11 Å². The highest BCUT2D eigenvalue weighted by Gasteiger charge is 2.06. The van der Waals surface area contributed by atoms with Gasteiger partial charge in [-0.3, -0.25) is 5.32 Å². The average Bonchev–Trinajstić information content (AvgIpc) is 3.08. The van der Waals surface area contributed by atoms with Gasteiger partial charge in [-0.1, -0.05) is 60.1 Å². The Kier molecular flexibility index (Phi) is 5.00. The average molecular weight is 394 g/mol. The van der Waals surface area contributed by atoms with E-state index in [1.54, 1.807) is 11.0 Å². The van der Waals surface area contributed by atoms with Gasteiger partial charge in [0.25, 0.3) is 0 Å². The second-order valence-electron chi connectivity index (χ2n) is 6.00. The summed E-state index contributed by atoms with van der Waals surface area (Å²) < 4.78 is 1.73. The van der Waals surface area contributed by atoms with E-state index in [1.807, 2.05) is 48.5 Å². The van der Waals surface area contributed by atoms with Gasteiger partial charge in [0.2, 0.25) is 5.95 Å². The second-order valence-corrected chi connectivity index (χ2v) is 6.85. The number of hydrogen-bond acceptors (Lipinski definition) is 3. The molecule has 0 unspecified atom stereocenters. The molecule has 0 atom stereocenters. The van der Waals surface area contributed by atoms with Crippen LogP contribution in [0.1, 0.15) is 5.56 Å². The van der Waals surface area contributed by atoms with Crippen LogP contribution >= 0.6 is 23.8 Å². The van der Waals surface area contributed by atoms with Crippen LogP contribution in [0.4, 0.5) is 11.6 Å². The van der Waals surface area contributed by atoms with Crippen LogP contribution in [0.15, 0.2) is 73.1 Å². The Labute approximate surface area is 167 Å². The molecule has 4 rings (SSSR count). The lowest BCUT2D eigenvalue weighted by atomic mass is 10.1. The van der Waals surface area contributed by atoms with Crippen LogP contribution in [0.5, 0.6) is 0 Å². The third-order valence-electron chi connectivity index (χ3n) is 4.03. The van der Waals surface area contributed by atoms with Gasteiger partial charge in [0, 0.05) is 16.1 Å². The Morgan fingerprint density at radius 2 is 1.81 bits per heavy atom. The van der Waals surface area contributed by atoms with Gasteiger partial charge >= 0.3 is 0 Å². The molecule has 27 heavy (non-hydrogen) atoms. The maximum absolute atomic E-state index is 6.02. The molecule has 0 aliphatic heterocycles. The van der Waals surface area contributed by atoms with E-state index in [2.05, 4.69) is 38.9 Å². The van der Waals surface area contributed by atoms with E-state index in [-0.39, 0.29) is 0 Å². The molecule has 0 saturated heterocycles. The van der Waals surface area contributed by atoms with Crippen LogP contribution in [0, 0.1) is 0 Å². The van der Waals surface area contributed by atoms with Crippen molar-refractivity contribution in [1.82, 2.24) is 14.8 Å². The van der Waals surface area contributed by atoms with E-state index in [4.69, 9.17) is 23.8 Å². The zero-order valence-corrected chi connectivity index (χ0v) is 15.8. The summed E-state index contributed by atoms with van der Waals surface area (Å²) in [5.74, 6) is 0.440. The van der Waals surface area contributed by atoms with Gasteiger partial charge in [-0.05, 0) is 41.4 Å². The van der Waals surface area contributed by atoms with Gasteiger partial charge in [-0.2, -0.15) is 0 Å². The number of hydrogen-bond donors (Lipinski definition) is 2. The van der Waals surface area contributed by atoms with Crippen molar-refractivity contribution < 1.29 is 0 Å². The lowest BCUT2D eigenvalue weighted by Gasteiger charge is -2.10. The zero-order valence-electron chi connectivity index (χ0n) is 14.3. The highest BCUT2D eigenvalue weighted by Crippen LogP contribution is 2.23. The molecule has 4 aromatic rings. The van der Waals surface area contributed by atoms with Gasteiger partial charge in [0.05, 0.1) is 6.54 Å². The second kappa shape index (κ2) is 7.73. The summed E-state index contributed by atoms with van der Waals surface area (Å²) >= 11 is 11.4. The normalized spacial score (nSPS) is 10.7. The van der Waals surface area contributed by atoms with E-state index in [0.717, 1.165) is 22.0 Å². The predicted molar refractivity (Wildman–Crippen MR) is 114 cm³/mol. The van der Waals surface area contributed by atoms with E-state index in [0.29, 0.717) is 22.6 Å². The number of aromatic nitrogens is 3. The SMILES string of the molecule is S=C(Nc1ncn(Cc2cccc(Cl)c2)n1)Nc1cccc2ccccc12. The van der Waals surface area contributed by atoms with Crippen LogP contribution in [0.2, 0.25) is 5.02 Å².